The van der Waals surface area contributed by atoms with Crippen molar-refractivity contribution in [1.82, 2.24) is 0 Å². The van der Waals surface area contributed by atoms with E-state index in [1.165, 1.54) is 34.8 Å². The predicted octanol–water partition coefficient (Wildman–Crippen LogP) is 5.50. The van der Waals surface area contributed by atoms with Crippen molar-refractivity contribution in [1.29, 1.82) is 0 Å². The molecule has 0 N–H and O–H groups in total. The van der Waals surface area contributed by atoms with E-state index in [4.69, 9.17) is 0 Å². The Labute approximate surface area is 149 Å². The summed E-state index contributed by atoms with van der Waals surface area (Å²) >= 11 is 3.78. The molecule has 2 aromatic heterocycles. The SMILES string of the molecule is C=CC/C=c1\c(=C/Cc2cc3ccccc3s2)sc2ccccc12. The molecule has 0 unspecified atom stereocenters. The van der Waals surface area contributed by atoms with Crippen LogP contribution in [0, 0.1) is 0 Å². The van der Waals surface area contributed by atoms with Gasteiger partial charge in [0.2, 0.25) is 0 Å². The summed E-state index contributed by atoms with van der Waals surface area (Å²) in [6.45, 7) is 3.85. The maximum absolute atomic E-state index is 3.85. The molecule has 4 rings (SSSR count). The molecular weight excluding hydrogens is 328 g/mol. The third-order valence-electron chi connectivity index (χ3n) is 4.12. The lowest BCUT2D eigenvalue weighted by Gasteiger charge is -1.88. The van der Waals surface area contributed by atoms with Crippen LogP contribution in [-0.2, 0) is 6.42 Å². The van der Waals surface area contributed by atoms with Crippen molar-refractivity contribution in [3.8, 4) is 0 Å². The molecule has 0 aliphatic rings. The Morgan fingerprint density at radius 3 is 2.50 bits per heavy atom. The van der Waals surface area contributed by atoms with Crippen LogP contribution < -0.4 is 9.75 Å². The molecule has 0 amide bonds. The van der Waals surface area contributed by atoms with Crippen molar-refractivity contribution in [3.63, 3.8) is 0 Å². The summed E-state index contributed by atoms with van der Waals surface area (Å²) < 4.78 is 4.10. The molecule has 0 nitrogen and oxygen atoms in total. The van der Waals surface area contributed by atoms with Gasteiger partial charge in [-0.05, 0) is 40.6 Å². The molecule has 2 aromatic carbocycles. The minimum Gasteiger partial charge on any atom is -0.140 e. The third-order valence-corrected chi connectivity index (χ3v) is 6.44. The Morgan fingerprint density at radius 1 is 0.875 bits per heavy atom. The number of allylic oxidation sites excluding steroid dienone is 1. The number of hydrogen-bond donors (Lipinski definition) is 0. The van der Waals surface area contributed by atoms with Gasteiger partial charge in [0.1, 0.15) is 0 Å². The summed E-state index contributed by atoms with van der Waals surface area (Å²) in [4.78, 5) is 1.42. The molecule has 0 aliphatic carbocycles. The third kappa shape index (κ3) is 2.95. The molecule has 2 heterocycles. The van der Waals surface area contributed by atoms with Gasteiger partial charge in [-0.1, -0.05) is 54.6 Å². The van der Waals surface area contributed by atoms with E-state index in [0.717, 1.165) is 12.8 Å². The maximum atomic E-state index is 3.85. The Balaban J connectivity index is 1.80. The van der Waals surface area contributed by atoms with Gasteiger partial charge in [0.25, 0.3) is 0 Å². The van der Waals surface area contributed by atoms with Gasteiger partial charge in [-0.25, -0.2) is 0 Å². The minimum absolute atomic E-state index is 0.907. The van der Waals surface area contributed by atoms with Crippen LogP contribution in [-0.4, -0.2) is 0 Å². The first-order chi connectivity index (χ1) is 11.8. The van der Waals surface area contributed by atoms with Gasteiger partial charge in [0.05, 0.1) is 0 Å². The fourth-order valence-corrected chi connectivity index (χ4v) is 5.15. The second kappa shape index (κ2) is 6.76. The van der Waals surface area contributed by atoms with Crippen LogP contribution in [0.2, 0.25) is 0 Å². The van der Waals surface area contributed by atoms with Crippen molar-refractivity contribution in [2.75, 3.05) is 0 Å². The van der Waals surface area contributed by atoms with E-state index in [9.17, 15) is 0 Å². The zero-order valence-electron chi connectivity index (χ0n) is 13.4. The molecule has 2 heteroatoms. The lowest BCUT2D eigenvalue weighted by molar-refractivity contribution is 1.42. The molecular formula is C22H18S2. The Hall–Kier alpha value is -2.16. The summed E-state index contributed by atoms with van der Waals surface area (Å²) in [5.41, 5.74) is 0. The molecule has 0 aliphatic heterocycles. The summed E-state index contributed by atoms with van der Waals surface area (Å²) in [6, 6.07) is 19.6. The lowest BCUT2D eigenvalue weighted by atomic mass is 10.2. The number of thiophene rings is 2. The highest BCUT2D eigenvalue weighted by Crippen LogP contribution is 2.25. The van der Waals surface area contributed by atoms with Gasteiger partial charge in [-0.15, -0.1) is 29.3 Å². The largest absolute Gasteiger partial charge is 0.140 e. The van der Waals surface area contributed by atoms with E-state index in [2.05, 4.69) is 73.3 Å². The first kappa shape index (κ1) is 15.4. The number of hydrogen-bond acceptors (Lipinski definition) is 2. The highest BCUT2D eigenvalue weighted by molar-refractivity contribution is 7.19. The van der Waals surface area contributed by atoms with Crippen molar-refractivity contribution < 1.29 is 0 Å². The van der Waals surface area contributed by atoms with E-state index in [0.29, 0.717) is 0 Å². The monoisotopic (exact) mass is 346 g/mol. The van der Waals surface area contributed by atoms with Gasteiger partial charge in [0, 0.05) is 25.2 Å². The highest BCUT2D eigenvalue weighted by atomic mass is 32.1. The van der Waals surface area contributed by atoms with Crippen molar-refractivity contribution >= 4 is 55.0 Å². The zero-order valence-corrected chi connectivity index (χ0v) is 15.0. The minimum atomic E-state index is 0.907. The van der Waals surface area contributed by atoms with E-state index >= 15 is 0 Å². The molecule has 0 fully saturated rings. The van der Waals surface area contributed by atoms with Crippen molar-refractivity contribution in [2.24, 2.45) is 0 Å². The van der Waals surface area contributed by atoms with Crippen LogP contribution in [0.4, 0.5) is 0 Å². The molecule has 0 radical (unpaired) electrons. The molecule has 0 spiro atoms. The highest BCUT2D eigenvalue weighted by Gasteiger charge is 2.02. The molecule has 0 atom stereocenters. The quantitative estimate of drug-likeness (QED) is 0.428. The van der Waals surface area contributed by atoms with Crippen LogP contribution in [0.3, 0.4) is 0 Å². The molecule has 0 bridgehead atoms. The predicted molar refractivity (Wildman–Crippen MR) is 110 cm³/mol. The molecule has 24 heavy (non-hydrogen) atoms. The topological polar surface area (TPSA) is 0 Å². The average Bonchev–Trinajstić information content (AvgIpc) is 3.18. The fourth-order valence-electron chi connectivity index (χ4n) is 2.98. The Morgan fingerprint density at radius 2 is 1.67 bits per heavy atom. The van der Waals surface area contributed by atoms with Gasteiger partial charge in [0.15, 0.2) is 0 Å². The summed E-state index contributed by atoms with van der Waals surface area (Å²) in [6.07, 6.45) is 8.53. The summed E-state index contributed by atoms with van der Waals surface area (Å²) in [5, 5.41) is 4.06. The first-order valence-corrected chi connectivity index (χ1v) is 9.75. The first-order valence-electron chi connectivity index (χ1n) is 8.11. The summed E-state index contributed by atoms with van der Waals surface area (Å²) in [7, 11) is 0. The van der Waals surface area contributed by atoms with Crippen LogP contribution in [0.15, 0.2) is 67.3 Å². The Bertz CT molecular complexity index is 1090. The molecule has 0 saturated heterocycles. The summed E-state index contributed by atoms with van der Waals surface area (Å²) in [5.74, 6) is 0. The van der Waals surface area contributed by atoms with Crippen molar-refractivity contribution in [2.45, 2.75) is 12.8 Å². The van der Waals surface area contributed by atoms with Gasteiger partial charge >= 0.3 is 0 Å². The molecule has 118 valence electrons. The van der Waals surface area contributed by atoms with E-state index in [-0.39, 0.29) is 0 Å². The smallest absolute Gasteiger partial charge is 0.0355 e. The van der Waals surface area contributed by atoms with Crippen LogP contribution in [0.5, 0.6) is 0 Å². The number of rotatable bonds is 4. The Kier molecular flexibility index (Phi) is 4.33. The van der Waals surface area contributed by atoms with E-state index in [1.54, 1.807) is 0 Å². The second-order valence-corrected chi connectivity index (χ2v) is 8.02. The lowest BCUT2D eigenvalue weighted by Crippen LogP contribution is -2.18. The van der Waals surface area contributed by atoms with Gasteiger partial charge in [-0.3, -0.25) is 0 Å². The standard InChI is InChI=1S/C22H18S2/c1-2-3-9-18-19-10-5-7-12-21(19)24-22(18)14-13-17-15-16-8-4-6-11-20(16)23-17/h2,4-12,14-15H,1,3,13H2/b18-9-,22-14+. The van der Waals surface area contributed by atoms with Gasteiger partial charge in [-0.2, -0.15) is 0 Å². The van der Waals surface area contributed by atoms with E-state index < -0.39 is 0 Å². The number of benzene rings is 2. The fraction of sp³-hybridized carbons (Fsp3) is 0.0909. The average molecular weight is 347 g/mol. The van der Waals surface area contributed by atoms with Gasteiger partial charge < -0.3 is 0 Å². The maximum Gasteiger partial charge on any atom is 0.0355 e. The van der Waals surface area contributed by atoms with Crippen LogP contribution in [0.1, 0.15) is 11.3 Å². The molecule has 4 aromatic rings. The van der Waals surface area contributed by atoms with E-state index in [1.807, 2.05) is 28.7 Å². The van der Waals surface area contributed by atoms with Crippen LogP contribution in [0.25, 0.3) is 32.3 Å². The molecule has 0 saturated carbocycles. The van der Waals surface area contributed by atoms with Crippen molar-refractivity contribution in [3.05, 3.63) is 81.9 Å². The van der Waals surface area contributed by atoms with Crippen LogP contribution >= 0.6 is 22.7 Å². The zero-order chi connectivity index (χ0) is 16.4. The normalized spacial score (nSPS) is 13.2. The number of fused-ring (bicyclic) bond motifs is 2. The second-order valence-electron chi connectivity index (χ2n) is 5.76.